The summed E-state index contributed by atoms with van der Waals surface area (Å²) in [6, 6.07) is 0.389. The highest BCUT2D eigenvalue weighted by Gasteiger charge is 2.28. The van der Waals surface area contributed by atoms with E-state index in [1.807, 2.05) is 17.5 Å². The molecule has 0 aliphatic heterocycles. The first-order chi connectivity index (χ1) is 8.15. The Bertz CT molecular complexity index is 370. The molecule has 0 amide bonds. The van der Waals surface area contributed by atoms with Crippen molar-refractivity contribution in [2.24, 2.45) is 5.92 Å². The highest BCUT2D eigenvalue weighted by atomic mass is 16.4. The summed E-state index contributed by atoms with van der Waals surface area (Å²) < 4.78 is 1.85. The average Bonchev–Trinajstić information content (AvgIpc) is 2.88. The number of aliphatic carboxylic acids is 1. The molecule has 1 N–H and O–H groups in total. The molecule has 1 fully saturated rings. The first-order valence-electron chi connectivity index (χ1n) is 5.89. The lowest BCUT2D eigenvalue weighted by molar-refractivity contribution is -0.137. The van der Waals surface area contributed by atoms with Gasteiger partial charge in [-0.15, -0.1) is 0 Å². The summed E-state index contributed by atoms with van der Waals surface area (Å²) in [5, 5.41) is 12.8. The van der Waals surface area contributed by atoms with Crippen molar-refractivity contribution in [3.8, 4) is 0 Å². The van der Waals surface area contributed by atoms with E-state index >= 15 is 0 Å². The zero-order chi connectivity index (χ0) is 12.3. The average molecular weight is 236 g/mol. The Labute approximate surface area is 101 Å². The van der Waals surface area contributed by atoms with E-state index in [4.69, 9.17) is 5.11 Å². The molecule has 1 aromatic heterocycles. The lowest BCUT2D eigenvalue weighted by Gasteiger charge is -2.22. The summed E-state index contributed by atoms with van der Waals surface area (Å²) in [5.41, 5.74) is 0. The molecular weight excluding hydrogens is 219 g/mol. The van der Waals surface area contributed by atoms with Crippen LogP contribution in [0.5, 0.6) is 0 Å². The minimum atomic E-state index is -0.757. The van der Waals surface area contributed by atoms with Gasteiger partial charge in [-0.05, 0) is 31.2 Å². The number of aromatic nitrogens is 3. The fourth-order valence-electron chi connectivity index (χ4n) is 2.55. The minimum absolute atomic E-state index is 0.126. The molecule has 0 aromatic carbocycles. The van der Waals surface area contributed by atoms with Crippen LogP contribution < -0.4 is 0 Å². The second-order valence-electron chi connectivity index (χ2n) is 4.76. The molecule has 2 atom stereocenters. The smallest absolute Gasteiger partial charge is 0.316 e. The van der Waals surface area contributed by atoms with Crippen LogP contribution in [0.25, 0.3) is 0 Å². The van der Waals surface area contributed by atoms with Crippen molar-refractivity contribution < 1.29 is 9.90 Å². The fraction of sp³-hybridized carbons (Fsp3) is 0.700. The van der Waals surface area contributed by atoms with Crippen molar-refractivity contribution >= 4 is 14.0 Å². The first-order valence-corrected chi connectivity index (χ1v) is 5.89. The molecule has 6 nitrogen and oxygen atoms in total. The van der Waals surface area contributed by atoms with Crippen LogP contribution in [0.3, 0.4) is 0 Å². The zero-order valence-corrected chi connectivity index (χ0v) is 9.99. The molecular formula is C10H17BN4O2. The Balaban J connectivity index is 1.81. The van der Waals surface area contributed by atoms with Crippen molar-refractivity contribution in [1.82, 2.24) is 19.6 Å². The van der Waals surface area contributed by atoms with Crippen LogP contribution in [-0.2, 0) is 11.3 Å². The highest BCUT2D eigenvalue weighted by molar-refractivity contribution is 6.05. The third-order valence-corrected chi connectivity index (χ3v) is 3.43. The summed E-state index contributed by atoms with van der Waals surface area (Å²) in [6.45, 7) is 1.01. The second-order valence-corrected chi connectivity index (χ2v) is 4.76. The molecule has 0 radical (unpaired) electrons. The Morgan fingerprint density at radius 1 is 1.59 bits per heavy atom. The van der Waals surface area contributed by atoms with Gasteiger partial charge in [-0.3, -0.25) is 9.48 Å². The normalized spacial score (nSPS) is 24.3. The van der Waals surface area contributed by atoms with Crippen LogP contribution in [0, 0.1) is 5.92 Å². The van der Waals surface area contributed by atoms with Gasteiger partial charge in [0.1, 0.15) is 12.7 Å². The van der Waals surface area contributed by atoms with Crippen molar-refractivity contribution in [1.29, 1.82) is 0 Å². The van der Waals surface area contributed by atoms with E-state index < -0.39 is 5.97 Å². The van der Waals surface area contributed by atoms with E-state index in [-0.39, 0.29) is 6.54 Å². The van der Waals surface area contributed by atoms with E-state index in [9.17, 15) is 4.79 Å². The lowest BCUT2D eigenvalue weighted by atomic mass is 10.1. The molecule has 0 unspecified atom stereocenters. The molecule has 1 saturated carbocycles. The molecule has 1 aromatic rings. The van der Waals surface area contributed by atoms with Gasteiger partial charge >= 0.3 is 5.97 Å². The molecule has 1 aliphatic carbocycles. The van der Waals surface area contributed by atoms with E-state index in [1.54, 1.807) is 12.7 Å². The number of carbonyl (C=O) groups is 1. The molecule has 0 spiro atoms. The van der Waals surface area contributed by atoms with Crippen LogP contribution in [0.2, 0.25) is 0 Å². The van der Waals surface area contributed by atoms with Crippen molar-refractivity contribution in [3.63, 3.8) is 0 Å². The van der Waals surface area contributed by atoms with Crippen LogP contribution in [0.15, 0.2) is 12.7 Å². The van der Waals surface area contributed by atoms with E-state index in [0.29, 0.717) is 12.0 Å². The fourth-order valence-corrected chi connectivity index (χ4v) is 2.55. The molecule has 1 heterocycles. The maximum absolute atomic E-state index is 10.6. The lowest BCUT2D eigenvalue weighted by Crippen LogP contribution is -2.35. The number of rotatable bonds is 5. The molecule has 92 valence electrons. The van der Waals surface area contributed by atoms with Gasteiger partial charge < -0.3 is 9.92 Å². The third kappa shape index (κ3) is 3.29. The molecule has 1 aliphatic rings. The Morgan fingerprint density at radius 2 is 2.41 bits per heavy atom. The maximum atomic E-state index is 10.6. The second kappa shape index (κ2) is 5.31. The largest absolute Gasteiger partial charge is 0.480 e. The van der Waals surface area contributed by atoms with Gasteiger partial charge in [0, 0.05) is 6.54 Å². The Hall–Kier alpha value is -1.37. The molecule has 7 heteroatoms. The van der Waals surface area contributed by atoms with Crippen molar-refractivity contribution in [2.75, 3.05) is 6.54 Å². The monoisotopic (exact) mass is 236 g/mol. The van der Waals surface area contributed by atoms with E-state index in [0.717, 1.165) is 25.8 Å². The number of carboxylic acid groups (broad SMARTS) is 1. The van der Waals surface area contributed by atoms with Crippen molar-refractivity contribution in [3.05, 3.63) is 12.7 Å². The SMILES string of the molecule is BN(CC(=O)O)[C@@H]1CC[C@H](Cn2cncn2)C1. The maximum Gasteiger partial charge on any atom is 0.316 e. The number of carboxylic acids is 1. The number of hydrogen-bond acceptors (Lipinski definition) is 4. The van der Waals surface area contributed by atoms with Crippen LogP contribution in [0.1, 0.15) is 19.3 Å². The summed E-state index contributed by atoms with van der Waals surface area (Å²) in [7, 11) is 1.89. The van der Waals surface area contributed by atoms with Crippen LogP contribution in [-0.4, -0.2) is 51.2 Å². The van der Waals surface area contributed by atoms with E-state index in [1.165, 1.54) is 0 Å². The van der Waals surface area contributed by atoms with Gasteiger partial charge in [0.25, 0.3) is 0 Å². The van der Waals surface area contributed by atoms with Gasteiger partial charge in [-0.1, -0.05) is 0 Å². The number of hydrogen-bond donors (Lipinski definition) is 1. The van der Waals surface area contributed by atoms with Gasteiger partial charge in [0.15, 0.2) is 7.98 Å². The van der Waals surface area contributed by atoms with Gasteiger partial charge in [0.2, 0.25) is 0 Å². The van der Waals surface area contributed by atoms with Gasteiger partial charge in [0.05, 0.1) is 6.54 Å². The summed E-state index contributed by atoms with van der Waals surface area (Å²) in [5.74, 6) is -0.176. The predicted octanol–water partition coefficient (Wildman–Crippen LogP) is -0.619. The quantitative estimate of drug-likeness (QED) is 0.690. The van der Waals surface area contributed by atoms with Crippen LogP contribution >= 0.6 is 0 Å². The minimum Gasteiger partial charge on any atom is -0.480 e. The standard InChI is InChI=1S/C10H17BN4O2/c11-15(5-10(16)17)9-2-1-8(3-9)4-14-7-12-6-13-14/h6-9H,1-5,11H2,(H,16,17)/t8-,9+/m0/s1. The summed E-state index contributed by atoms with van der Waals surface area (Å²) in [6.07, 6.45) is 6.53. The summed E-state index contributed by atoms with van der Waals surface area (Å²) in [4.78, 5) is 16.5. The molecule has 2 rings (SSSR count). The van der Waals surface area contributed by atoms with Gasteiger partial charge in [-0.2, -0.15) is 5.10 Å². The Morgan fingerprint density at radius 3 is 3.06 bits per heavy atom. The predicted molar refractivity (Wildman–Crippen MR) is 64.0 cm³/mol. The summed E-state index contributed by atoms with van der Waals surface area (Å²) >= 11 is 0. The molecule has 0 bridgehead atoms. The zero-order valence-electron chi connectivity index (χ0n) is 9.99. The van der Waals surface area contributed by atoms with Gasteiger partial charge in [-0.25, -0.2) is 4.98 Å². The first kappa shape index (κ1) is 12.1. The number of nitrogens with zero attached hydrogens (tertiary/aromatic N) is 4. The topological polar surface area (TPSA) is 71.2 Å². The van der Waals surface area contributed by atoms with Crippen LogP contribution in [0.4, 0.5) is 0 Å². The third-order valence-electron chi connectivity index (χ3n) is 3.43. The highest BCUT2D eigenvalue weighted by Crippen LogP contribution is 2.29. The Kier molecular flexibility index (Phi) is 3.78. The van der Waals surface area contributed by atoms with E-state index in [2.05, 4.69) is 10.1 Å². The molecule has 0 saturated heterocycles. The molecule has 17 heavy (non-hydrogen) atoms. The van der Waals surface area contributed by atoms with Crippen molar-refractivity contribution in [2.45, 2.75) is 31.8 Å².